The third kappa shape index (κ3) is 3.51. The summed E-state index contributed by atoms with van der Waals surface area (Å²) in [6.45, 7) is -1.63. The Bertz CT molecular complexity index is 414. The molecular weight excluding hydrogens is 348 g/mol. The second-order valence-corrected chi connectivity index (χ2v) is 6.41. The summed E-state index contributed by atoms with van der Waals surface area (Å²) in [6, 6.07) is 0. The first-order chi connectivity index (χ1) is 11.3. The molecule has 2 saturated heterocycles. The van der Waals surface area contributed by atoms with Crippen LogP contribution >= 0.6 is 0 Å². The van der Waals surface area contributed by atoms with E-state index in [1.807, 2.05) is 0 Å². The molecule has 0 unspecified atom stereocenters. The molecule has 142 valence electrons. The number of rotatable bonds is 6. The second-order valence-electron chi connectivity index (χ2n) is 5.83. The Hall–Kier alpha value is -0.223. The number of hydrogen-bond donors (Lipinski definition) is 7. The van der Waals surface area contributed by atoms with E-state index in [1.54, 1.807) is 0 Å². The zero-order chi connectivity index (χ0) is 18.1. The van der Waals surface area contributed by atoms with Crippen LogP contribution in [-0.4, -0.2) is 121 Å². The summed E-state index contributed by atoms with van der Waals surface area (Å²) in [6.07, 6.45) is -11.9. The highest BCUT2D eigenvalue weighted by Crippen LogP contribution is 2.35. The fourth-order valence-corrected chi connectivity index (χ4v) is 3.11. The Labute approximate surface area is 140 Å². The van der Waals surface area contributed by atoms with Crippen LogP contribution < -0.4 is 0 Å². The Morgan fingerprint density at radius 2 is 1.58 bits per heavy atom. The predicted molar refractivity (Wildman–Crippen MR) is 77.4 cm³/mol. The van der Waals surface area contributed by atoms with E-state index in [1.165, 1.54) is 0 Å². The van der Waals surface area contributed by atoms with Gasteiger partial charge >= 0.3 is 0 Å². The minimum absolute atomic E-state index is 0.0611. The zero-order valence-corrected chi connectivity index (χ0v) is 15.0. The smallest absolute Gasteiger partial charge is 0.224 e. The third-order valence-electron chi connectivity index (χ3n) is 4.22. The topological polar surface area (TPSA) is 179 Å². The van der Waals surface area contributed by atoms with Crippen LogP contribution in [0.4, 0.5) is 0 Å². The lowest BCUT2D eigenvalue weighted by Crippen LogP contribution is -2.62. The van der Waals surface area contributed by atoms with E-state index in [2.05, 4.69) is 0 Å². The SMILES string of the molecule is OC[C@H]1O[C@@](CO)(O[C@H]2O[C@H](CO[SiH3])[C@@H](O)[C@H](O)[C@H]2O)[C@@H](O)[C@@H]1O. The van der Waals surface area contributed by atoms with Gasteiger partial charge in [0.05, 0.1) is 13.2 Å². The molecule has 0 radical (unpaired) electrons. The number of hydrogen-bond acceptors (Lipinski definition) is 11. The van der Waals surface area contributed by atoms with Crippen molar-refractivity contribution in [3.8, 4) is 0 Å². The lowest BCUT2D eigenvalue weighted by Gasteiger charge is -2.43. The van der Waals surface area contributed by atoms with E-state index in [0.717, 1.165) is 0 Å². The van der Waals surface area contributed by atoms with Crippen LogP contribution in [0, 0.1) is 0 Å². The molecule has 2 heterocycles. The van der Waals surface area contributed by atoms with Crippen molar-refractivity contribution < 1.29 is 54.4 Å². The largest absolute Gasteiger partial charge is 0.425 e. The van der Waals surface area contributed by atoms with Crippen LogP contribution in [0.15, 0.2) is 0 Å². The normalized spacial score (nSPS) is 49.6. The molecule has 0 aromatic heterocycles. The Morgan fingerprint density at radius 3 is 2.08 bits per heavy atom. The molecule has 12 heteroatoms. The van der Waals surface area contributed by atoms with Gasteiger partial charge in [0.25, 0.3) is 0 Å². The minimum Gasteiger partial charge on any atom is -0.425 e. The molecule has 0 bridgehead atoms. The van der Waals surface area contributed by atoms with Gasteiger partial charge in [-0.25, -0.2) is 0 Å². The molecular formula is C12H24O11Si. The summed E-state index contributed by atoms with van der Waals surface area (Å²) in [5.74, 6) is -2.17. The lowest BCUT2D eigenvalue weighted by atomic mass is 9.99. The van der Waals surface area contributed by atoms with E-state index in [0.29, 0.717) is 10.5 Å². The molecule has 24 heavy (non-hydrogen) atoms. The average Bonchev–Trinajstić information content (AvgIpc) is 2.82. The molecule has 0 aliphatic carbocycles. The summed E-state index contributed by atoms with van der Waals surface area (Å²) in [7, 11) is 0.349. The first-order valence-electron chi connectivity index (χ1n) is 7.43. The summed E-state index contributed by atoms with van der Waals surface area (Å²) in [5.41, 5.74) is 0. The van der Waals surface area contributed by atoms with Crippen molar-refractivity contribution in [3.05, 3.63) is 0 Å². The van der Waals surface area contributed by atoms with Gasteiger partial charge in [-0.15, -0.1) is 0 Å². The van der Waals surface area contributed by atoms with E-state index >= 15 is 0 Å². The van der Waals surface area contributed by atoms with Gasteiger partial charge in [0.1, 0.15) is 59.8 Å². The molecule has 0 saturated carbocycles. The molecule has 0 amide bonds. The van der Waals surface area contributed by atoms with Crippen LogP contribution in [0.25, 0.3) is 0 Å². The molecule has 0 spiro atoms. The van der Waals surface area contributed by atoms with Gasteiger partial charge < -0.3 is 54.4 Å². The van der Waals surface area contributed by atoms with Crippen molar-refractivity contribution in [2.45, 2.75) is 54.8 Å². The average molecular weight is 372 g/mol. The summed E-state index contributed by atoms with van der Waals surface area (Å²) in [4.78, 5) is 0. The molecule has 2 fully saturated rings. The molecule has 0 aromatic carbocycles. The first kappa shape index (κ1) is 20.1. The van der Waals surface area contributed by atoms with Crippen molar-refractivity contribution in [2.75, 3.05) is 19.8 Å². The predicted octanol–water partition coefficient (Wildman–Crippen LogP) is -6.09. The van der Waals surface area contributed by atoms with Crippen LogP contribution in [0.5, 0.6) is 0 Å². The van der Waals surface area contributed by atoms with E-state index < -0.39 is 68.0 Å². The molecule has 2 aliphatic rings. The van der Waals surface area contributed by atoms with Crippen molar-refractivity contribution in [1.82, 2.24) is 0 Å². The van der Waals surface area contributed by atoms with Crippen molar-refractivity contribution in [3.63, 3.8) is 0 Å². The Morgan fingerprint density at radius 1 is 0.917 bits per heavy atom. The molecule has 2 aliphatic heterocycles. The maximum Gasteiger partial charge on any atom is 0.224 e. The van der Waals surface area contributed by atoms with E-state index in [9.17, 15) is 30.6 Å². The fourth-order valence-electron chi connectivity index (χ4n) is 2.78. The van der Waals surface area contributed by atoms with Crippen molar-refractivity contribution >= 4 is 10.5 Å². The monoisotopic (exact) mass is 372 g/mol. The number of aliphatic hydroxyl groups is 7. The number of aliphatic hydroxyl groups excluding tert-OH is 7. The summed E-state index contributed by atoms with van der Waals surface area (Å²) < 4.78 is 20.8. The minimum atomic E-state index is -2.17. The van der Waals surface area contributed by atoms with Gasteiger partial charge in [-0.1, -0.05) is 0 Å². The van der Waals surface area contributed by atoms with Gasteiger partial charge in [0, 0.05) is 0 Å². The Balaban J connectivity index is 2.17. The number of ether oxygens (including phenoxy) is 3. The van der Waals surface area contributed by atoms with E-state index in [4.69, 9.17) is 23.7 Å². The van der Waals surface area contributed by atoms with Crippen LogP contribution in [0.1, 0.15) is 0 Å². The van der Waals surface area contributed by atoms with Crippen LogP contribution in [0.3, 0.4) is 0 Å². The maximum atomic E-state index is 10.1. The highest BCUT2D eigenvalue weighted by molar-refractivity contribution is 5.97. The molecule has 2 rings (SSSR count). The van der Waals surface area contributed by atoms with Gasteiger partial charge in [-0.2, -0.15) is 0 Å². The van der Waals surface area contributed by atoms with Crippen LogP contribution in [0.2, 0.25) is 0 Å². The maximum absolute atomic E-state index is 10.1. The van der Waals surface area contributed by atoms with Gasteiger partial charge in [0.2, 0.25) is 5.79 Å². The van der Waals surface area contributed by atoms with Gasteiger partial charge in [-0.3, -0.25) is 0 Å². The zero-order valence-electron chi connectivity index (χ0n) is 13.0. The summed E-state index contributed by atoms with van der Waals surface area (Å²) >= 11 is 0. The van der Waals surface area contributed by atoms with Crippen LogP contribution in [-0.2, 0) is 18.6 Å². The van der Waals surface area contributed by atoms with Crippen molar-refractivity contribution in [2.24, 2.45) is 0 Å². The third-order valence-corrected chi connectivity index (χ3v) is 4.55. The van der Waals surface area contributed by atoms with Gasteiger partial charge in [0.15, 0.2) is 6.29 Å². The quantitative estimate of drug-likeness (QED) is 0.221. The van der Waals surface area contributed by atoms with Crippen molar-refractivity contribution in [1.29, 1.82) is 0 Å². The van der Waals surface area contributed by atoms with Gasteiger partial charge in [-0.05, 0) is 0 Å². The molecule has 9 atom stereocenters. The Kier molecular flexibility index (Phi) is 6.69. The summed E-state index contributed by atoms with van der Waals surface area (Å²) in [5, 5.41) is 68.3. The molecule has 11 nitrogen and oxygen atoms in total. The second kappa shape index (κ2) is 7.99. The lowest BCUT2D eigenvalue weighted by molar-refractivity contribution is -0.383. The van der Waals surface area contributed by atoms with E-state index in [-0.39, 0.29) is 6.61 Å². The first-order valence-corrected chi connectivity index (χ1v) is 8.25. The highest BCUT2D eigenvalue weighted by Gasteiger charge is 2.58. The standard InChI is InChI=1S/C12H24O11Si/c13-1-4-7(16)10(19)12(3-14,22-4)23-11-9(18)8(17)6(15)5(21-11)2-20-24/h4-11,13-19H,1-3H2,24H3/t4-,5-,6-,7-,8+,9-,10+,11-,12+/m1/s1. The highest BCUT2D eigenvalue weighted by atomic mass is 28.2. The molecule has 0 aromatic rings. The fraction of sp³-hybridized carbons (Fsp3) is 1.00. The molecule has 7 N–H and O–H groups in total.